The monoisotopic (exact) mass is 730 g/mol. The first kappa shape index (κ1) is 37.3. The normalized spacial score (nSPS) is 17.9. The molecule has 54 heavy (non-hydrogen) atoms. The maximum absolute atomic E-state index is 13.7. The van der Waals surface area contributed by atoms with Gasteiger partial charge in [0.15, 0.2) is 0 Å². The Labute approximate surface area is 316 Å². The van der Waals surface area contributed by atoms with Crippen LogP contribution in [0.2, 0.25) is 0 Å². The Hall–Kier alpha value is -4.97. The first-order valence-corrected chi connectivity index (χ1v) is 19.2. The number of aliphatic hydroxyl groups excluding tert-OH is 1. The van der Waals surface area contributed by atoms with Gasteiger partial charge < -0.3 is 26.2 Å². The second kappa shape index (κ2) is 16.2. The Morgan fingerprint density at radius 2 is 1.33 bits per heavy atom. The van der Waals surface area contributed by atoms with Gasteiger partial charge in [0, 0.05) is 42.9 Å². The number of likely N-dealkylation sites (tertiary alicyclic amines) is 1. The summed E-state index contributed by atoms with van der Waals surface area (Å²) in [5, 5.41) is 28.7. The maximum Gasteiger partial charge on any atom is 0.320 e. The summed E-state index contributed by atoms with van der Waals surface area (Å²) in [7, 11) is 0. The van der Waals surface area contributed by atoms with E-state index < -0.39 is 12.0 Å². The number of aromatic nitrogens is 2. The summed E-state index contributed by atoms with van der Waals surface area (Å²) < 4.78 is 0. The van der Waals surface area contributed by atoms with E-state index in [-0.39, 0.29) is 24.5 Å². The van der Waals surface area contributed by atoms with Gasteiger partial charge in [-0.25, -0.2) is 0 Å². The van der Waals surface area contributed by atoms with Gasteiger partial charge in [-0.15, -0.1) is 0 Å². The molecule has 1 aliphatic heterocycles. The Balaban J connectivity index is 1.07. The van der Waals surface area contributed by atoms with Crippen molar-refractivity contribution in [3.8, 4) is 11.1 Å². The minimum atomic E-state index is -0.781. The van der Waals surface area contributed by atoms with E-state index in [4.69, 9.17) is 0 Å². The summed E-state index contributed by atoms with van der Waals surface area (Å²) in [4.78, 5) is 50.2. The largest absolute Gasteiger partial charge is 0.480 e. The molecular weight excluding hydrogens is 681 g/mol. The Morgan fingerprint density at radius 3 is 1.85 bits per heavy atom. The molecule has 2 aromatic heterocycles. The van der Waals surface area contributed by atoms with Gasteiger partial charge in [0.1, 0.15) is 17.4 Å². The lowest BCUT2D eigenvalue weighted by Crippen LogP contribution is -2.44. The van der Waals surface area contributed by atoms with Crippen LogP contribution in [0.15, 0.2) is 60.9 Å². The molecule has 3 fully saturated rings. The molecule has 2 amide bonds. The average molecular weight is 731 g/mol. The van der Waals surface area contributed by atoms with Gasteiger partial charge in [-0.1, -0.05) is 30.7 Å². The van der Waals surface area contributed by atoms with E-state index >= 15 is 0 Å². The number of nitrogens with one attached hydrogen (secondary N) is 3. The van der Waals surface area contributed by atoms with Crippen LogP contribution in [0.4, 0.5) is 11.4 Å². The van der Waals surface area contributed by atoms with Crippen LogP contribution in [0.1, 0.15) is 118 Å². The molecule has 7 rings (SSSR count). The van der Waals surface area contributed by atoms with Crippen LogP contribution in [0.25, 0.3) is 11.1 Å². The lowest BCUT2D eigenvalue weighted by molar-refractivity contribution is -0.144. The van der Waals surface area contributed by atoms with Crippen LogP contribution in [0.3, 0.4) is 0 Å². The highest BCUT2D eigenvalue weighted by atomic mass is 16.4. The second-order valence-electron chi connectivity index (χ2n) is 15.2. The summed E-state index contributed by atoms with van der Waals surface area (Å²) in [5.74, 6) is -0.570. The van der Waals surface area contributed by atoms with Crippen LogP contribution in [0, 0.1) is 13.8 Å². The van der Waals surface area contributed by atoms with Gasteiger partial charge in [0.2, 0.25) is 0 Å². The number of aliphatic carboxylic acids is 1. The average Bonchev–Trinajstić information content (AvgIpc) is 4.11. The highest BCUT2D eigenvalue weighted by Gasteiger charge is 2.32. The van der Waals surface area contributed by atoms with Crippen LogP contribution in [0.5, 0.6) is 0 Å². The number of hydrogen-bond acceptors (Lipinski definition) is 8. The molecule has 1 saturated heterocycles. The lowest BCUT2D eigenvalue weighted by atomic mass is 9.94. The van der Waals surface area contributed by atoms with Crippen LogP contribution in [-0.4, -0.2) is 68.1 Å². The number of carbonyl (C=O) groups is 3. The maximum atomic E-state index is 13.7. The predicted octanol–water partition coefficient (Wildman–Crippen LogP) is 6.93. The van der Waals surface area contributed by atoms with Crippen LogP contribution >= 0.6 is 0 Å². The van der Waals surface area contributed by atoms with Gasteiger partial charge in [-0.2, -0.15) is 0 Å². The van der Waals surface area contributed by atoms with Gasteiger partial charge >= 0.3 is 5.97 Å². The number of benzene rings is 2. The summed E-state index contributed by atoms with van der Waals surface area (Å²) in [6.07, 6.45) is 10.4. The Kier molecular flexibility index (Phi) is 11.2. The van der Waals surface area contributed by atoms with Crippen molar-refractivity contribution >= 4 is 29.2 Å². The zero-order chi connectivity index (χ0) is 37.9. The topological polar surface area (TPSA) is 157 Å². The molecule has 0 radical (unpaired) electrons. The SMILES string of the molecule is Cc1c(NC(=O)c2cc(C3CC3)c(CN[C@@H](C)CO)cn2)cccc1-c1cccc(NC(=O)c2cc(C3CC3)c(CN3CCCC[C@H]3C(=O)O)cn2)c1C. The van der Waals surface area contributed by atoms with Crippen LogP contribution < -0.4 is 16.0 Å². The third-order valence-corrected chi connectivity index (χ3v) is 11.2. The number of carboxylic acid groups (broad SMARTS) is 1. The molecule has 0 spiro atoms. The van der Waals surface area contributed by atoms with E-state index in [0.29, 0.717) is 54.1 Å². The van der Waals surface area contributed by atoms with Crippen molar-refractivity contribution in [1.29, 1.82) is 0 Å². The van der Waals surface area contributed by atoms with Gasteiger partial charge in [0.05, 0.1) is 6.61 Å². The van der Waals surface area contributed by atoms with E-state index in [2.05, 4.69) is 25.9 Å². The van der Waals surface area contributed by atoms with Crippen molar-refractivity contribution in [3.05, 3.63) is 106 Å². The molecule has 2 aromatic carbocycles. The van der Waals surface area contributed by atoms with E-state index in [0.717, 1.165) is 89.6 Å². The van der Waals surface area contributed by atoms with Gasteiger partial charge in [-0.3, -0.25) is 29.3 Å². The standard InChI is InChI=1S/C43H50N6O5/c1-25(24-50)44-20-30-21-45-38(18-34(30)28-13-14-28)41(51)47-36-10-6-8-32(26(36)2)33-9-7-11-37(27(33)3)48-42(52)39-19-35(29-15-16-29)31(22-46-39)23-49-17-5-4-12-40(49)43(53)54/h6-11,18-19,21-22,25,28-29,40,44,50H,4-5,12-17,20,23-24H2,1-3H3,(H,47,51)(H,48,52)(H,53,54)/t25-,40-/m0/s1. The molecule has 282 valence electrons. The third kappa shape index (κ3) is 8.38. The van der Waals surface area contributed by atoms with Crippen LogP contribution in [-0.2, 0) is 17.9 Å². The molecule has 4 aromatic rings. The first-order valence-electron chi connectivity index (χ1n) is 19.2. The van der Waals surface area contributed by atoms with E-state index in [1.807, 2.05) is 74.2 Å². The fourth-order valence-electron chi connectivity index (χ4n) is 7.60. The summed E-state index contributed by atoms with van der Waals surface area (Å²) >= 11 is 0. The number of pyridine rings is 2. The number of amides is 2. The number of carboxylic acids is 1. The van der Waals surface area contributed by atoms with E-state index in [1.165, 1.54) is 0 Å². The molecule has 2 aliphatic carbocycles. The highest BCUT2D eigenvalue weighted by Crippen LogP contribution is 2.43. The molecule has 11 nitrogen and oxygen atoms in total. The molecule has 0 unspecified atom stereocenters. The molecular formula is C43H50N6O5. The number of piperidine rings is 1. The number of aliphatic hydroxyl groups is 1. The van der Waals surface area contributed by atoms with E-state index in [1.54, 1.807) is 12.4 Å². The second-order valence-corrected chi connectivity index (χ2v) is 15.2. The van der Waals surface area contributed by atoms with Crippen molar-refractivity contribution < 1.29 is 24.6 Å². The summed E-state index contributed by atoms with van der Waals surface area (Å²) in [5.41, 5.74) is 9.96. The van der Waals surface area contributed by atoms with Gasteiger partial charge in [-0.05, 0) is 146 Å². The first-order chi connectivity index (χ1) is 26.1. The molecule has 2 atom stereocenters. The number of hydrogen-bond donors (Lipinski definition) is 5. The zero-order valence-corrected chi connectivity index (χ0v) is 31.3. The van der Waals surface area contributed by atoms with Crippen molar-refractivity contribution in [3.63, 3.8) is 0 Å². The zero-order valence-electron chi connectivity index (χ0n) is 31.3. The number of anilines is 2. The Morgan fingerprint density at radius 1 is 0.796 bits per heavy atom. The van der Waals surface area contributed by atoms with Crippen molar-refractivity contribution in [2.45, 2.75) is 103 Å². The number of rotatable bonds is 14. The summed E-state index contributed by atoms with van der Waals surface area (Å²) in [6, 6.07) is 14.9. The fourth-order valence-corrected chi connectivity index (χ4v) is 7.60. The molecule has 5 N–H and O–H groups in total. The lowest BCUT2D eigenvalue weighted by Gasteiger charge is -2.33. The van der Waals surface area contributed by atoms with Crippen molar-refractivity contribution in [2.75, 3.05) is 23.8 Å². The fraction of sp³-hybridized carbons (Fsp3) is 0.419. The highest BCUT2D eigenvalue weighted by molar-refractivity contribution is 6.05. The number of carbonyl (C=O) groups excluding carboxylic acids is 2. The van der Waals surface area contributed by atoms with Crippen molar-refractivity contribution in [1.82, 2.24) is 20.2 Å². The third-order valence-electron chi connectivity index (χ3n) is 11.2. The Bertz CT molecular complexity index is 2060. The molecule has 3 aliphatic rings. The molecule has 2 saturated carbocycles. The molecule has 11 heteroatoms. The van der Waals surface area contributed by atoms with E-state index in [9.17, 15) is 24.6 Å². The smallest absolute Gasteiger partial charge is 0.320 e. The number of nitrogens with zero attached hydrogens (tertiary/aromatic N) is 3. The molecule has 3 heterocycles. The molecule has 0 bridgehead atoms. The summed E-state index contributed by atoms with van der Waals surface area (Å²) in [6.45, 7) is 7.77. The van der Waals surface area contributed by atoms with Gasteiger partial charge in [0.25, 0.3) is 11.8 Å². The minimum absolute atomic E-state index is 0.0299. The predicted molar refractivity (Wildman–Crippen MR) is 209 cm³/mol. The quantitative estimate of drug-likeness (QED) is 0.0929. The minimum Gasteiger partial charge on any atom is -0.480 e. The van der Waals surface area contributed by atoms with Crippen molar-refractivity contribution in [2.24, 2.45) is 0 Å².